The van der Waals surface area contributed by atoms with Gasteiger partial charge in [-0.15, -0.1) is 0 Å². The van der Waals surface area contributed by atoms with E-state index in [0.29, 0.717) is 24.5 Å². The van der Waals surface area contributed by atoms with Crippen LogP contribution in [0.15, 0.2) is 83.9 Å². The number of aliphatic imine (C=N–C) groups is 1. The molecule has 0 amide bonds. The third-order valence-electron chi connectivity index (χ3n) is 6.37. The van der Waals surface area contributed by atoms with Crippen LogP contribution in [0.4, 0.5) is 11.4 Å². The Balaban J connectivity index is 1.34. The van der Waals surface area contributed by atoms with E-state index >= 15 is 0 Å². The number of para-hydroxylation sites is 1. The second-order valence-corrected chi connectivity index (χ2v) is 8.26. The number of hydrogen-bond acceptors (Lipinski definition) is 4. The summed E-state index contributed by atoms with van der Waals surface area (Å²) >= 11 is 0. The first kappa shape index (κ1) is 20.4. The van der Waals surface area contributed by atoms with Crippen molar-refractivity contribution in [2.75, 3.05) is 19.0 Å². The van der Waals surface area contributed by atoms with Crippen molar-refractivity contribution >= 4 is 17.6 Å². The predicted molar refractivity (Wildman–Crippen MR) is 131 cm³/mol. The Morgan fingerprint density at radius 1 is 1.03 bits per heavy atom. The van der Waals surface area contributed by atoms with Crippen LogP contribution in [-0.2, 0) is 0 Å². The largest absolute Gasteiger partial charge is 0.493 e. The number of methoxy groups -OCH3 is 1. The summed E-state index contributed by atoms with van der Waals surface area (Å²) in [5.41, 5.74) is 5.87. The van der Waals surface area contributed by atoms with Crippen LogP contribution >= 0.6 is 0 Å². The van der Waals surface area contributed by atoms with Gasteiger partial charge in [0.25, 0.3) is 0 Å². The van der Waals surface area contributed by atoms with E-state index in [9.17, 15) is 0 Å². The zero-order valence-corrected chi connectivity index (χ0v) is 18.5. The molecule has 4 heteroatoms. The maximum Gasteiger partial charge on any atom is 0.161 e. The molecule has 3 aromatic rings. The first-order chi connectivity index (χ1) is 15.8. The molecule has 1 heterocycles. The molecule has 0 aromatic heterocycles. The predicted octanol–water partition coefficient (Wildman–Crippen LogP) is 6.67. The fourth-order valence-corrected chi connectivity index (χ4v) is 4.83. The molecule has 0 bridgehead atoms. The normalized spacial score (nSPS) is 21.1. The van der Waals surface area contributed by atoms with Gasteiger partial charge in [0.2, 0.25) is 0 Å². The van der Waals surface area contributed by atoms with Crippen LogP contribution in [-0.4, -0.2) is 19.9 Å². The molecule has 3 aromatic carbocycles. The van der Waals surface area contributed by atoms with Crippen molar-refractivity contribution in [3.63, 3.8) is 0 Å². The standard InChI is InChI=1S/C28H28N2O2/c1-3-32-27-17-19(11-16-26(27)31-2)18-29-21-14-12-20(13-15-21)28-24-9-6-8-22(24)23-7-4-5-10-25(23)30-28/h4-8,10-18,22,24,28,30H,3,9H2,1-2H3/t22-,24+,28+/m1/s1. The van der Waals surface area contributed by atoms with Crippen molar-refractivity contribution in [3.8, 4) is 11.5 Å². The number of anilines is 1. The second kappa shape index (κ2) is 8.91. The molecular formula is C28H28N2O2. The van der Waals surface area contributed by atoms with Gasteiger partial charge in [-0.25, -0.2) is 0 Å². The number of nitrogens with one attached hydrogen (secondary N) is 1. The Labute approximate surface area is 189 Å². The van der Waals surface area contributed by atoms with Crippen molar-refractivity contribution in [2.24, 2.45) is 10.9 Å². The van der Waals surface area contributed by atoms with Crippen molar-refractivity contribution in [1.29, 1.82) is 0 Å². The van der Waals surface area contributed by atoms with Gasteiger partial charge in [0, 0.05) is 17.8 Å². The average molecular weight is 425 g/mol. The monoisotopic (exact) mass is 424 g/mol. The molecular weight excluding hydrogens is 396 g/mol. The highest BCUT2D eigenvalue weighted by Crippen LogP contribution is 2.49. The lowest BCUT2D eigenvalue weighted by Gasteiger charge is -2.37. The summed E-state index contributed by atoms with van der Waals surface area (Å²) in [6.45, 7) is 2.56. The van der Waals surface area contributed by atoms with E-state index in [1.54, 1.807) is 7.11 Å². The molecule has 1 N–H and O–H groups in total. The summed E-state index contributed by atoms with van der Waals surface area (Å²) in [7, 11) is 1.65. The van der Waals surface area contributed by atoms with Gasteiger partial charge >= 0.3 is 0 Å². The minimum Gasteiger partial charge on any atom is -0.493 e. The van der Waals surface area contributed by atoms with Gasteiger partial charge in [0.1, 0.15) is 0 Å². The zero-order valence-electron chi connectivity index (χ0n) is 18.5. The average Bonchev–Trinajstić information content (AvgIpc) is 3.33. The molecule has 0 fully saturated rings. The minimum atomic E-state index is 0.304. The van der Waals surface area contributed by atoms with Gasteiger partial charge in [-0.3, -0.25) is 4.99 Å². The van der Waals surface area contributed by atoms with Gasteiger partial charge in [-0.05, 0) is 72.4 Å². The lowest BCUT2D eigenvalue weighted by Crippen LogP contribution is -2.28. The first-order valence-corrected chi connectivity index (χ1v) is 11.2. The van der Waals surface area contributed by atoms with Crippen molar-refractivity contribution < 1.29 is 9.47 Å². The van der Waals surface area contributed by atoms with Crippen molar-refractivity contribution in [2.45, 2.75) is 25.3 Å². The zero-order chi connectivity index (χ0) is 21.9. The highest BCUT2D eigenvalue weighted by Gasteiger charge is 2.37. The van der Waals surface area contributed by atoms with Gasteiger partial charge in [-0.2, -0.15) is 0 Å². The Morgan fingerprint density at radius 2 is 1.88 bits per heavy atom. The Hall–Kier alpha value is -3.53. The van der Waals surface area contributed by atoms with Gasteiger partial charge in [0.05, 0.1) is 25.4 Å². The van der Waals surface area contributed by atoms with Crippen LogP contribution in [0, 0.1) is 5.92 Å². The van der Waals surface area contributed by atoms with Crippen LogP contribution in [0.5, 0.6) is 11.5 Å². The number of fused-ring (bicyclic) bond motifs is 3. The van der Waals surface area contributed by atoms with E-state index in [0.717, 1.165) is 29.2 Å². The molecule has 3 atom stereocenters. The van der Waals surface area contributed by atoms with Crippen LogP contribution in [0.1, 0.15) is 42.0 Å². The first-order valence-electron chi connectivity index (χ1n) is 11.2. The maximum absolute atomic E-state index is 5.66. The number of hydrogen-bond donors (Lipinski definition) is 1. The Bertz CT molecular complexity index is 1150. The number of rotatable bonds is 6. The lowest BCUT2D eigenvalue weighted by molar-refractivity contribution is 0.311. The van der Waals surface area contributed by atoms with E-state index in [4.69, 9.17) is 9.47 Å². The van der Waals surface area contributed by atoms with Crippen LogP contribution < -0.4 is 14.8 Å². The lowest BCUT2D eigenvalue weighted by atomic mass is 9.77. The fraction of sp³-hybridized carbons (Fsp3) is 0.250. The number of allylic oxidation sites excluding steroid dienone is 2. The van der Waals surface area contributed by atoms with E-state index in [1.807, 2.05) is 31.3 Å². The minimum absolute atomic E-state index is 0.304. The maximum atomic E-state index is 5.66. The molecule has 0 saturated carbocycles. The molecule has 0 unspecified atom stereocenters. The molecule has 4 nitrogen and oxygen atoms in total. The molecule has 1 aliphatic heterocycles. The SMILES string of the molecule is CCOc1cc(C=Nc2ccc([C@@H]3Nc4ccccc4[C@H]4C=CC[C@@H]43)cc2)ccc1OC. The van der Waals surface area contributed by atoms with E-state index in [2.05, 4.69) is 71.0 Å². The smallest absolute Gasteiger partial charge is 0.161 e. The van der Waals surface area contributed by atoms with E-state index in [1.165, 1.54) is 16.8 Å². The van der Waals surface area contributed by atoms with Gasteiger partial charge in [0.15, 0.2) is 11.5 Å². The summed E-state index contributed by atoms with van der Waals surface area (Å²) in [5, 5.41) is 3.79. The summed E-state index contributed by atoms with van der Waals surface area (Å²) in [6.07, 6.45) is 7.68. The molecule has 1 aliphatic carbocycles. The van der Waals surface area contributed by atoms with Crippen LogP contribution in [0.25, 0.3) is 0 Å². The summed E-state index contributed by atoms with van der Waals surface area (Å²) < 4.78 is 11.0. The molecule has 32 heavy (non-hydrogen) atoms. The summed E-state index contributed by atoms with van der Waals surface area (Å²) in [5.74, 6) is 2.51. The quantitative estimate of drug-likeness (QED) is 0.355. The van der Waals surface area contributed by atoms with Crippen molar-refractivity contribution in [1.82, 2.24) is 0 Å². The fourth-order valence-electron chi connectivity index (χ4n) is 4.83. The summed E-state index contributed by atoms with van der Waals surface area (Å²) in [6, 6.07) is 23.4. The third kappa shape index (κ3) is 3.89. The van der Waals surface area contributed by atoms with Gasteiger partial charge < -0.3 is 14.8 Å². The molecule has 0 spiro atoms. The number of nitrogens with zero attached hydrogens (tertiary/aromatic N) is 1. The number of ether oxygens (including phenoxy) is 2. The topological polar surface area (TPSA) is 42.8 Å². The Kier molecular flexibility index (Phi) is 5.68. The van der Waals surface area contributed by atoms with Crippen LogP contribution in [0.2, 0.25) is 0 Å². The molecule has 0 saturated heterocycles. The molecule has 0 radical (unpaired) electrons. The molecule has 2 aliphatic rings. The molecule has 162 valence electrons. The van der Waals surface area contributed by atoms with Gasteiger partial charge in [-0.1, -0.05) is 42.5 Å². The van der Waals surface area contributed by atoms with E-state index in [-0.39, 0.29) is 0 Å². The van der Waals surface area contributed by atoms with Crippen molar-refractivity contribution in [3.05, 3.63) is 95.6 Å². The van der Waals surface area contributed by atoms with Crippen LogP contribution in [0.3, 0.4) is 0 Å². The number of benzene rings is 3. The summed E-state index contributed by atoms with van der Waals surface area (Å²) in [4.78, 5) is 4.67. The van der Waals surface area contributed by atoms with E-state index < -0.39 is 0 Å². The Morgan fingerprint density at radius 3 is 2.69 bits per heavy atom. The molecule has 5 rings (SSSR count). The highest BCUT2D eigenvalue weighted by atomic mass is 16.5. The highest BCUT2D eigenvalue weighted by molar-refractivity contribution is 5.83. The third-order valence-corrected chi connectivity index (χ3v) is 6.37. The second-order valence-electron chi connectivity index (χ2n) is 8.26.